The Balaban J connectivity index is 1.99. The lowest BCUT2D eigenvalue weighted by atomic mass is 10.1. The molecule has 0 saturated heterocycles. The highest BCUT2D eigenvalue weighted by molar-refractivity contribution is 6.02. The Morgan fingerprint density at radius 3 is 2.46 bits per heavy atom. The molecular weight excluding hydrogens is 377 g/mol. The Labute approximate surface area is 159 Å². The van der Waals surface area contributed by atoms with Crippen LogP contribution in [-0.4, -0.2) is 31.7 Å². The maximum atomic E-state index is 12.3. The van der Waals surface area contributed by atoms with Crippen molar-refractivity contribution < 1.29 is 32.2 Å². The van der Waals surface area contributed by atoms with Gasteiger partial charge in [0.1, 0.15) is 0 Å². The van der Waals surface area contributed by atoms with E-state index < -0.39 is 18.7 Å². The Morgan fingerprint density at radius 2 is 1.82 bits per heavy atom. The van der Waals surface area contributed by atoms with Gasteiger partial charge in [-0.2, -0.15) is 13.2 Å². The third kappa shape index (κ3) is 6.19. The molecule has 0 spiro atoms. The smallest absolute Gasteiger partial charge is 0.422 e. The normalized spacial score (nSPS) is 11.0. The number of ether oxygens (including phenoxy) is 2. The second-order valence-electron chi connectivity index (χ2n) is 5.85. The Bertz CT molecular complexity index is 853. The summed E-state index contributed by atoms with van der Waals surface area (Å²) in [5.74, 6) is -0.898. The van der Waals surface area contributed by atoms with Gasteiger partial charge in [0, 0.05) is 6.42 Å². The molecule has 0 aliphatic heterocycles. The average Bonchev–Trinajstić information content (AvgIpc) is 2.64. The zero-order chi connectivity index (χ0) is 20.7. The molecule has 0 aliphatic carbocycles. The fraction of sp³-hybridized carbons (Fsp3) is 0.263. The summed E-state index contributed by atoms with van der Waals surface area (Å²) in [4.78, 5) is 23.5. The van der Waals surface area contributed by atoms with Gasteiger partial charge in [0.25, 0.3) is 5.91 Å². The molecule has 0 atom stereocenters. The van der Waals surface area contributed by atoms with Crippen LogP contribution >= 0.6 is 0 Å². The topological polar surface area (TPSA) is 90.6 Å². The van der Waals surface area contributed by atoms with Crippen molar-refractivity contribution in [1.29, 1.82) is 0 Å². The molecule has 3 N–H and O–H groups in total. The molecular formula is C19H19F3N2O4. The molecule has 9 heteroatoms. The number of carbonyl (C=O) groups is 2. The predicted octanol–water partition coefficient (Wildman–Crippen LogP) is 3.31. The van der Waals surface area contributed by atoms with Crippen molar-refractivity contribution in [2.75, 3.05) is 19.0 Å². The summed E-state index contributed by atoms with van der Waals surface area (Å²) in [6.07, 6.45) is -4.07. The van der Waals surface area contributed by atoms with Gasteiger partial charge in [-0.3, -0.25) is 9.59 Å². The van der Waals surface area contributed by atoms with Crippen LogP contribution in [0, 0.1) is 0 Å². The van der Waals surface area contributed by atoms with Crippen molar-refractivity contribution in [3.05, 3.63) is 53.6 Å². The van der Waals surface area contributed by atoms with E-state index in [4.69, 9.17) is 15.2 Å². The van der Waals surface area contributed by atoms with E-state index in [0.717, 1.165) is 0 Å². The van der Waals surface area contributed by atoms with Crippen molar-refractivity contribution >= 4 is 17.5 Å². The van der Waals surface area contributed by atoms with Gasteiger partial charge >= 0.3 is 6.18 Å². The standard InChI is InChI=1S/C19H19F3N2O4/c1-27-16-10-12(6-8-15(16)28-11-19(20,21)22)7-9-17(25)24-14-5-3-2-4-13(14)18(23)26/h2-6,8,10H,7,9,11H2,1H3,(H2,23,26)(H,24,25). The van der Waals surface area contributed by atoms with Crippen LogP contribution in [0.5, 0.6) is 11.5 Å². The zero-order valence-electron chi connectivity index (χ0n) is 15.0. The summed E-state index contributed by atoms with van der Waals surface area (Å²) < 4.78 is 46.6. The van der Waals surface area contributed by atoms with Gasteiger partial charge in [0.05, 0.1) is 18.4 Å². The molecule has 0 aromatic heterocycles. The molecule has 150 valence electrons. The van der Waals surface area contributed by atoms with Crippen LogP contribution in [0.15, 0.2) is 42.5 Å². The number of nitrogens with two attached hydrogens (primary N) is 1. The van der Waals surface area contributed by atoms with Crippen LogP contribution < -0.4 is 20.5 Å². The van der Waals surface area contributed by atoms with E-state index in [-0.39, 0.29) is 29.4 Å². The third-order valence-corrected chi connectivity index (χ3v) is 3.73. The summed E-state index contributed by atoms with van der Waals surface area (Å²) in [5.41, 5.74) is 6.45. The number of primary amides is 1. The fourth-order valence-corrected chi connectivity index (χ4v) is 2.42. The molecule has 0 bridgehead atoms. The molecule has 0 radical (unpaired) electrons. The first-order chi connectivity index (χ1) is 13.2. The first-order valence-corrected chi connectivity index (χ1v) is 8.25. The molecule has 0 heterocycles. The fourth-order valence-electron chi connectivity index (χ4n) is 2.42. The molecule has 0 fully saturated rings. The second kappa shape index (κ2) is 9.12. The van der Waals surface area contributed by atoms with Gasteiger partial charge < -0.3 is 20.5 Å². The minimum Gasteiger partial charge on any atom is -0.493 e. The lowest BCUT2D eigenvalue weighted by molar-refractivity contribution is -0.153. The van der Waals surface area contributed by atoms with Crippen molar-refractivity contribution in [2.24, 2.45) is 5.73 Å². The zero-order valence-corrected chi connectivity index (χ0v) is 15.0. The van der Waals surface area contributed by atoms with Crippen LogP contribution in [0.4, 0.5) is 18.9 Å². The Kier molecular flexibility index (Phi) is 6.86. The summed E-state index contributed by atoms with van der Waals surface area (Å²) in [6.45, 7) is -1.43. The van der Waals surface area contributed by atoms with E-state index in [0.29, 0.717) is 17.7 Å². The highest BCUT2D eigenvalue weighted by atomic mass is 19.4. The maximum Gasteiger partial charge on any atom is 0.422 e. The summed E-state index contributed by atoms with van der Waals surface area (Å²) >= 11 is 0. The number of aryl methyl sites for hydroxylation is 1. The largest absolute Gasteiger partial charge is 0.493 e. The second-order valence-corrected chi connectivity index (χ2v) is 5.85. The van der Waals surface area contributed by atoms with Crippen molar-refractivity contribution in [2.45, 2.75) is 19.0 Å². The number of hydrogen-bond donors (Lipinski definition) is 2. The first-order valence-electron chi connectivity index (χ1n) is 8.25. The van der Waals surface area contributed by atoms with E-state index in [1.54, 1.807) is 24.3 Å². The number of hydrogen-bond acceptors (Lipinski definition) is 4. The maximum absolute atomic E-state index is 12.3. The summed E-state index contributed by atoms with van der Waals surface area (Å²) in [7, 11) is 1.31. The van der Waals surface area contributed by atoms with Gasteiger partial charge in [0.2, 0.25) is 5.91 Å². The number of amides is 2. The molecule has 2 amide bonds. The third-order valence-electron chi connectivity index (χ3n) is 3.73. The molecule has 28 heavy (non-hydrogen) atoms. The number of rotatable bonds is 8. The van der Waals surface area contributed by atoms with Crippen LogP contribution in [0.1, 0.15) is 22.3 Å². The molecule has 2 aromatic carbocycles. The van der Waals surface area contributed by atoms with E-state index in [2.05, 4.69) is 5.32 Å². The number of nitrogens with one attached hydrogen (secondary N) is 1. The van der Waals surface area contributed by atoms with Gasteiger partial charge in [-0.15, -0.1) is 0 Å². The molecule has 0 saturated carbocycles. The summed E-state index contributed by atoms with van der Waals surface area (Å²) in [6, 6.07) is 10.8. The van der Waals surface area contributed by atoms with Gasteiger partial charge in [-0.05, 0) is 36.2 Å². The number of benzene rings is 2. The monoisotopic (exact) mass is 396 g/mol. The highest BCUT2D eigenvalue weighted by Crippen LogP contribution is 2.30. The highest BCUT2D eigenvalue weighted by Gasteiger charge is 2.29. The number of methoxy groups -OCH3 is 1. The van der Waals surface area contributed by atoms with Crippen LogP contribution in [0.3, 0.4) is 0 Å². The Morgan fingerprint density at radius 1 is 1.11 bits per heavy atom. The predicted molar refractivity (Wildman–Crippen MR) is 96.5 cm³/mol. The van der Waals surface area contributed by atoms with Crippen LogP contribution in [0.2, 0.25) is 0 Å². The van der Waals surface area contributed by atoms with E-state index in [9.17, 15) is 22.8 Å². The lowest BCUT2D eigenvalue weighted by Crippen LogP contribution is -2.19. The van der Waals surface area contributed by atoms with Crippen LogP contribution in [-0.2, 0) is 11.2 Å². The molecule has 0 aliphatic rings. The minimum atomic E-state index is -4.46. The minimum absolute atomic E-state index is 0.0385. The van der Waals surface area contributed by atoms with E-state index >= 15 is 0 Å². The number of halogens is 3. The number of anilines is 1. The van der Waals surface area contributed by atoms with Gasteiger partial charge in [0.15, 0.2) is 18.1 Å². The SMILES string of the molecule is COc1cc(CCC(=O)Nc2ccccc2C(N)=O)ccc1OCC(F)(F)F. The molecule has 0 unspecified atom stereocenters. The van der Waals surface area contributed by atoms with Crippen molar-refractivity contribution in [3.8, 4) is 11.5 Å². The lowest BCUT2D eigenvalue weighted by Gasteiger charge is -2.13. The van der Waals surface area contributed by atoms with Gasteiger partial charge in [-0.25, -0.2) is 0 Å². The van der Waals surface area contributed by atoms with Crippen LogP contribution in [0.25, 0.3) is 0 Å². The first kappa shape index (κ1) is 21.1. The number of para-hydroxylation sites is 1. The van der Waals surface area contributed by atoms with E-state index in [1.807, 2.05) is 0 Å². The van der Waals surface area contributed by atoms with Gasteiger partial charge in [-0.1, -0.05) is 18.2 Å². The molecule has 2 aromatic rings. The van der Waals surface area contributed by atoms with Crippen molar-refractivity contribution in [3.63, 3.8) is 0 Å². The summed E-state index contributed by atoms with van der Waals surface area (Å²) in [5, 5.41) is 2.62. The van der Waals surface area contributed by atoms with Crippen molar-refractivity contribution in [1.82, 2.24) is 0 Å². The molecule has 2 rings (SSSR count). The molecule has 6 nitrogen and oxygen atoms in total. The number of carbonyl (C=O) groups excluding carboxylic acids is 2. The van der Waals surface area contributed by atoms with E-state index in [1.165, 1.54) is 25.3 Å². The quantitative estimate of drug-likeness (QED) is 0.716. The Hall–Kier alpha value is -3.23. The average molecular weight is 396 g/mol. The number of alkyl halides is 3.